The van der Waals surface area contributed by atoms with Gasteiger partial charge in [-0.3, -0.25) is 44.1 Å². The average molecular weight is 906 g/mol. The smallest absolute Gasteiger partial charge is 0.262 e. The minimum absolute atomic E-state index is 0.0462. The molecule has 1 saturated carbocycles. The first-order valence-corrected chi connectivity index (χ1v) is 23.2. The van der Waals surface area contributed by atoms with Crippen molar-refractivity contribution in [2.75, 3.05) is 56.0 Å². The van der Waals surface area contributed by atoms with Crippen LogP contribution >= 0.6 is 11.6 Å². The number of piperazine rings is 1. The van der Waals surface area contributed by atoms with Crippen molar-refractivity contribution in [1.29, 1.82) is 0 Å². The molecular formula is C49H53ClFN7O7. The van der Waals surface area contributed by atoms with Gasteiger partial charge in [-0.15, -0.1) is 0 Å². The molecule has 1 aliphatic carbocycles. The predicted octanol–water partition coefficient (Wildman–Crippen LogP) is 6.21. The fraction of sp³-hybridized carbons (Fsp3) is 0.449. The summed E-state index contributed by atoms with van der Waals surface area (Å²) in [5.41, 5.74) is 3.82. The van der Waals surface area contributed by atoms with Crippen LogP contribution in [0.5, 0.6) is 5.75 Å². The number of benzene rings is 3. The minimum Gasteiger partial charge on any atom is -0.489 e. The molecule has 14 nitrogen and oxygen atoms in total. The topological polar surface area (TPSA) is 162 Å². The number of aromatic nitrogens is 1. The summed E-state index contributed by atoms with van der Waals surface area (Å²) < 4.78 is 20.5. The first kappa shape index (κ1) is 44.4. The van der Waals surface area contributed by atoms with Crippen LogP contribution in [-0.4, -0.2) is 120 Å². The number of pyridine rings is 1. The molecule has 0 radical (unpaired) electrons. The SMILES string of the molecule is C[C@@H](C(=O)Nc1ccc(Cl)c(OC2CCN(CC(C=O)N3CCN(c4ccc5c(c4)C(=O)N(C4CCC(=O)NC4=O)C5=O)CC3)CC2)c1)C1CCC(c2ccnc3ccc(F)cc23)CC1. The van der Waals surface area contributed by atoms with Crippen molar-refractivity contribution >= 4 is 69.7 Å². The number of ether oxygens (including phenoxy) is 1. The number of fused-ring (bicyclic) bond motifs is 2. The molecule has 3 atom stereocenters. The van der Waals surface area contributed by atoms with E-state index in [1.807, 2.05) is 19.1 Å². The van der Waals surface area contributed by atoms with Gasteiger partial charge in [0.2, 0.25) is 17.7 Å². The van der Waals surface area contributed by atoms with E-state index in [1.165, 1.54) is 6.07 Å². The van der Waals surface area contributed by atoms with E-state index in [9.17, 15) is 33.2 Å². The first-order valence-electron chi connectivity index (χ1n) is 22.8. The van der Waals surface area contributed by atoms with Gasteiger partial charge >= 0.3 is 0 Å². The van der Waals surface area contributed by atoms with Crippen LogP contribution in [0.4, 0.5) is 15.8 Å². The average Bonchev–Trinajstić information content (AvgIpc) is 3.56. The molecular weight excluding hydrogens is 853 g/mol. The quantitative estimate of drug-likeness (QED) is 0.123. The van der Waals surface area contributed by atoms with Crippen molar-refractivity contribution in [1.82, 2.24) is 25.0 Å². The number of hydrogen-bond acceptors (Lipinski definition) is 11. The second-order valence-corrected chi connectivity index (χ2v) is 18.5. The van der Waals surface area contributed by atoms with Crippen LogP contribution in [0.25, 0.3) is 10.9 Å². The molecule has 0 bridgehead atoms. The number of likely N-dealkylation sites (tertiary alicyclic amines) is 1. The highest BCUT2D eigenvalue weighted by Gasteiger charge is 2.45. The zero-order valence-corrected chi connectivity index (χ0v) is 37.1. The number of piperidine rings is 2. The molecule has 16 heteroatoms. The van der Waals surface area contributed by atoms with Crippen LogP contribution in [0.15, 0.2) is 66.9 Å². The number of carbonyl (C=O) groups excluding carboxylic acids is 6. The molecule has 65 heavy (non-hydrogen) atoms. The van der Waals surface area contributed by atoms with E-state index in [0.717, 1.165) is 85.0 Å². The van der Waals surface area contributed by atoms with E-state index in [4.69, 9.17) is 16.3 Å². The van der Waals surface area contributed by atoms with E-state index in [0.29, 0.717) is 55.1 Å². The Morgan fingerprint density at radius 1 is 0.892 bits per heavy atom. The molecule has 9 rings (SSSR count). The molecule has 5 heterocycles. The van der Waals surface area contributed by atoms with Gasteiger partial charge in [0.05, 0.1) is 27.7 Å². The number of hydrogen-bond donors (Lipinski definition) is 2. The summed E-state index contributed by atoms with van der Waals surface area (Å²) >= 11 is 6.60. The Kier molecular flexibility index (Phi) is 13.0. The Labute approximate surface area is 381 Å². The minimum atomic E-state index is -1.02. The Hall–Kier alpha value is -5.77. The Morgan fingerprint density at radius 3 is 2.38 bits per heavy atom. The highest BCUT2D eigenvalue weighted by atomic mass is 35.5. The number of aldehydes is 1. The summed E-state index contributed by atoms with van der Waals surface area (Å²) in [6, 6.07) is 15.9. The lowest BCUT2D eigenvalue weighted by Gasteiger charge is -2.41. The van der Waals surface area contributed by atoms with Crippen LogP contribution in [-0.2, 0) is 19.2 Å². The highest BCUT2D eigenvalue weighted by Crippen LogP contribution is 2.41. The second-order valence-electron chi connectivity index (χ2n) is 18.1. The summed E-state index contributed by atoms with van der Waals surface area (Å²) in [5, 5.41) is 6.66. The maximum absolute atomic E-state index is 14.1. The Bertz CT molecular complexity index is 2520. The lowest BCUT2D eigenvalue weighted by molar-refractivity contribution is -0.136. The van der Waals surface area contributed by atoms with Gasteiger partial charge in [-0.05, 0) is 117 Å². The number of amides is 5. The monoisotopic (exact) mass is 905 g/mol. The molecule has 5 amide bonds. The number of nitrogens with one attached hydrogen (secondary N) is 2. The molecule has 1 aromatic heterocycles. The van der Waals surface area contributed by atoms with Crippen molar-refractivity contribution in [3.8, 4) is 5.75 Å². The zero-order chi connectivity index (χ0) is 45.4. The standard InChI is InChI=1S/C49H53ClFN7O7/c1-29(30-2-4-31(5-3-30)37-14-17-52-42-11-6-32(51)24-39(37)42)46(61)53-33-7-10-41(50)44(25-33)65-36-15-18-55(19-16-36)27-35(28-59)57-22-20-56(21-23-57)34-8-9-38-40(26-34)49(64)58(48(38)63)43-12-13-45(60)54-47(43)62/h6-11,14,17,24-26,28-31,35-36,43H,2-5,12-13,15-16,18-23,27H2,1H3,(H,53,61)(H,54,60,62)/t29-,30?,31?,35?,43?/m1/s1. The van der Waals surface area contributed by atoms with Gasteiger partial charge in [0, 0.05) is 87.2 Å². The third-order valence-corrected chi connectivity index (χ3v) is 14.6. The van der Waals surface area contributed by atoms with Crippen LogP contribution < -0.4 is 20.3 Å². The third-order valence-electron chi connectivity index (χ3n) is 14.3. The van der Waals surface area contributed by atoms with Gasteiger partial charge in [0.1, 0.15) is 30.0 Å². The normalized spacial score (nSPS) is 23.3. The van der Waals surface area contributed by atoms with Gasteiger partial charge in [-0.1, -0.05) is 18.5 Å². The van der Waals surface area contributed by atoms with E-state index in [2.05, 4.69) is 30.3 Å². The van der Waals surface area contributed by atoms with Gasteiger partial charge in [0.25, 0.3) is 11.8 Å². The Balaban J connectivity index is 0.724. The lowest BCUT2D eigenvalue weighted by atomic mass is 9.73. The molecule has 340 valence electrons. The van der Waals surface area contributed by atoms with Gasteiger partial charge in [0.15, 0.2) is 0 Å². The summed E-state index contributed by atoms with van der Waals surface area (Å²) in [5.74, 6) is -1.59. The molecule has 2 unspecified atom stereocenters. The van der Waals surface area contributed by atoms with Crippen LogP contribution in [0.1, 0.15) is 90.5 Å². The molecule has 4 aromatic rings. The van der Waals surface area contributed by atoms with E-state index in [-0.39, 0.29) is 59.7 Å². The lowest BCUT2D eigenvalue weighted by Crippen LogP contribution is -2.55. The van der Waals surface area contributed by atoms with E-state index >= 15 is 0 Å². The first-order chi connectivity index (χ1) is 31.4. The summed E-state index contributed by atoms with van der Waals surface area (Å²) in [7, 11) is 0. The van der Waals surface area contributed by atoms with Crippen LogP contribution in [0.3, 0.4) is 0 Å². The summed E-state index contributed by atoms with van der Waals surface area (Å²) in [4.78, 5) is 88.6. The molecule has 4 aliphatic heterocycles. The zero-order valence-electron chi connectivity index (χ0n) is 36.3. The summed E-state index contributed by atoms with van der Waals surface area (Å²) in [6.07, 6.45) is 8.03. The van der Waals surface area contributed by atoms with Crippen molar-refractivity contribution in [3.63, 3.8) is 0 Å². The molecule has 3 saturated heterocycles. The number of nitrogens with zero attached hydrogens (tertiary/aromatic N) is 5. The van der Waals surface area contributed by atoms with Crippen LogP contribution in [0.2, 0.25) is 5.02 Å². The number of rotatable bonds is 12. The molecule has 3 aromatic carbocycles. The van der Waals surface area contributed by atoms with Crippen molar-refractivity contribution in [2.45, 2.75) is 82.4 Å². The maximum atomic E-state index is 14.1. The molecule has 4 fully saturated rings. The van der Waals surface area contributed by atoms with Crippen molar-refractivity contribution in [2.24, 2.45) is 11.8 Å². The largest absolute Gasteiger partial charge is 0.489 e. The molecule has 2 N–H and O–H groups in total. The number of imide groups is 2. The van der Waals surface area contributed by atoms with Gasteiger partial charge in [-0.2, -0.15) is 0 Å². The number of anilines is 2. The summed E-state index contributed by atoms with van der Waals surface area (Å²) in [6.45, 7) is 6.57. The van der Waals surface area contributed by atoms with E-state index in [1.54, 1.807) is 48.7 Å². The van der Waals surface area contributed by atoms with Crippen molar-refractivity contribution in [3.05, 3.63) is 94.4 Å². The highest BCUT2D eigenvalue weighted by molar-refractivity contribution is 6.32. The fourth-order valence-corrected chi connectivity index (χ4v) is 10.6. The van der Waals surface area contributed by atoms with Crippen molar-refractivity contribution < 1.29 is 37.9 Å². The van der Waals surface area contributed by atoms with Gasteiger partial charge in [-0.25, -0.2) is 4.39 Å². The molecule has 5 aliphatic rings. The second kappa shape index (κ2) is 19.0. The van der Waals surface area contributed by atoms with Gasteiger partial charge < -0.3 is 24.6 Å². The predicted molar refractivity (Wildman–Crippen MR) is 242 cm³/mol. The van der Waals surface area contributed by atoms with Crippen LogP contribution in [0, 0.1) is 17.7 Å². The van der Waals surface area contributed by atoms with E-state index < -0.39 is 29.7 Å². The molecule has 0 spiro atoms. The maximum Gasteiger partial charge on any atom is 0.262 e. The fourth-order valence-electron chi connectivity index (χ4n) is 10.4. The number of carbonyl (C=O) groups is 6. The Morgan fingerprint density at radius 2 is 1.65 bits per heavy atom. The number of halogens is 2. The third kappa shape index (κ3) is 9.36.